The third kappa shape index (κ3) is 3.40. The number of rotatable bonds is 3. The fourth-order valence-electron chi connectivity index (χ4n) is 1.61. The number of hydrogen-bond acceptors (Lipinski definition) is 6. The van der Waals surface area contributed by atoms with E-state index in [2.05, 4.69) is 26.5 Å². The van der Waals surface area contributed by atoms with Gasteiger partial charge in [0.15, 0.2) is 10.4 Å². The molecule has 0 bridgehead atoms. The van der Waals surface area contributed by atoms with Crippen LogP contribution >= 0.6 is 15.9 Å². The molecule has 110 valence electrons. The lowest BCUT2D eigenvalue weighted by Gasteiger charge is -2.03. The molecule has 2 rings (SSSR count). The van der Waals surface area contributed by atoms with E-state index < -0.39 is 11.5 Å². The van der Waals surface area contributed by atoms with Crippen LogP contribution in [0.15, 0.2) is 41.6 Å². The Hall–Kier alpha value is -2.35. The van der Waals surface area contributed by atoms with E-state index in [0.29, 0.717) is 4.67 Å². The molecule has 0 fully saturated rings. The molecule has 8 heteroatoms. The average molecular weight is 355 g/mol. The van der Waals surface area contributed by atoms with Crippen LogP contribution in [-0.4, -0.2) is 16.7 Å². The molecule has 0 aromatic carbocycles. The molecular weight excluding hydrogens is 344 g/mol. The van der Waals surface area contributed by atoms with Crippen LogP contribution in [0.25, 0.3) is 0 Å². The summed E-state index contributed by atoms with van der Waals surface area (Å²) in [6.07, 6.45) is 0. The Balaban J connectivity index is 2.22. The van der Waals surface area contributed by atoms with Crippen molar-refractivity contribution in [3.8, 4) is 5.75 Å². The molecule has 0 atom stereocenters. The standard InChI is InChI=1S/C13H11BrN2O5/c1-6-5-8(17)11(13(19)20-6)7(2)15-16-12(18)9-3-4-10(14)21-9/h3-5,17H,1-2H3,(H,16,18). The van der Waals surface area contributed by atoms with Gasteiger partial charge in [-0.1, -0.05) is 0 Å². The van der Waals surface area contributed by atoms with Gasteiger partial charge in [0.25, 0.3) is 0 Å². The second kappa shape index (κ2) is 5.96. The van der Waals surface area contributed by atoms with Gasteiger partial charge in [0, 0.05) is 6.07 Å². The maximum absolute atomic E-state index is 11.7. The topological polar surface area (TPSA) is 105 Å². The first-order valence-electron chi connectivity index (χ1n) is 5.82. The molecule has 0 aliphatic rings. The summed E-state index contributed by atoms with van der Waals surface area (Å²) < 4.78 is 10.3. The van der Waals surface area contributed by atoms with Crippen molar-refractivity contribution in [1.29, 1.82) is 0 Å². The summed E-state index contributed by atoms with van der Waals surface area (Å²) in [4.78, 5) is 23.4. The largest absolute Gasteiger partial charge is 0.507 e. The third-order valence-corrected chi connectivity index (χ3v) is 2.96. The number of nitrogens with one attached hydrogen (secondary N) is 1. The van der Waals surface area contributed by atoms with E-state index in [0.717, 1.165) is 0 Å². The Kier molecular flexibility index (Phi) is 4.27. The molecule has 21 heavy (non-hydrogen) atoms. The van der Waals surface area contributed by atoms with E-state index in [4.69, 9.17) is 8.83 Å². The molecule has 0 saturated heterocycles. The Morgan fingerprint density at radius 3 is 2.67 bits per heavy atom. The van der Waals surface area contributed by atoms with Gasteiger partial charge in [-0.05, 0) is 41.9 Å². The Morgan fingerprint density at radius 1 is 1.38 bits per heavy atom. The lowest BCUT2D eigenvalue weighted by atomic mass is 10.2. The highest BCUT2D eigenvalue weighted by atomic mass is 79.9. The number of nitrogens with zero attached hydrogens (tertiary/aromatic N) is 1. The molecule has 0 aliphatic carbocycles. The molecule has 2 heterocycles. The highest BCUT2D eigenvalue weighted by Gasteiger charge is 2.14. The van der Waals surface area contributed by atoms with Crippen molar-refractivity contribution in [3.63, 3.8) is 0 Å². The smallest absolute Gasteiger partial charge is 0.348 e. The van der Waals surface area contributed by atoms with E-state index in [9.17, 15) is 14.7 Å². The lowest BCUT2D eigenvalue weighted by molar-refractivity contribution is 0.0926. The van der Waals surface area contributed by atoms with Crippen molar-refractivity contribution in [3.05, 3.63) is 50.4 Å². The highest BCUT2D eigenvalue weighted by Crippen LogP contribution is 2.16. The van der Waals surface area contributed by atoms with Gasteiger partial charge < -0.3 is 13.9 Å². The van der Waals surface area contributed by atoms with E-state index in [1.165, 1.54) is 26.0 Å². The monoisotopic (exact) mass is 354 g/mol. The van der Waals surface area contributed by atoms with Gasteiger partial charge in [-0.25, -0.2) is 10.2 Å². The fraction of sp³-hybridized carbons (Fsp3) is 0.154. The van der Waals surface area contributed by atoms with Crippen LogP contribution in [0.1, 0.15) is 28.8 Å². The second-order valence-electron chi connectivity index (χ2n) is 4.15. The summed E-state index contributed by atoms with van der Waals surface area (Å²) >= 11 is 3.07. The SMILES string of the molecule is CC(=NNC(=O)c1ccc(Br)o1)c1c(O)cc(C)oc1=O. The number of aromatic hydroxyl groups is 1. The summed E-state index contributed by atoms with van der Waals surface area (Å²) in [7, 11) is 0. The van der Waals surface area contributed by atoms with Crippen molar-refractivity contribution in [1.82, 2.24) is 5.43 Å². The molecule has 2 N–H and O–H groups in total. The van der Waals surface area contributed by atoms with Crippen LogP contribution < -0.4 is 11.1 Å². The number of carbonyl (C=O) groups is 1. The third-order valence-electron chi connectivity index (χ3n) is 2.54. The minimum Gasteiger partial charge on any atom is -0.507 e. The molecule has 2 aromatic rings. The summed E-state index contributed by atoms with van der Waals surface area (Å²) in [6.45, 7) is 2.99. The van der Waals surface area contributed by atoms with Gasteiger partial charge in [0.05, 0.1) is 5.71 Å². The van der Waals surface area contributed by atoms with Crippen molar-refractivity contribution in [2.24, 2.45) is 5.10 Å². The quantitative estimate of drug-likeness (QED) is 0.649. The first-order valence-corrected chi connectivity index (χ1v) is 6.62. The van der Waals surface area contributed by atoms with Crippen molar-refractivity contribution in [2.45, 2.75) is 13.8 Å². The van der Waals surface area contributed by atoms with E-state index in [1.807, 2.05) is 0 Å². The van der Waals surface area contributed by atoms with Gasteiger partial charge in [-0.15, -0.1) is 0 Å². The number of carbonyl (C=O) groups excluding carboxylic acids is 1. The van der Waals surface area contributed by atoms with Crippen LogP contribution in [-0.2, 0) is 0 Å². The summed E-state index contributed by atoms with van der Waals surface area (Å²) in [5.74, 6) is -0.520. The first-order chi connectivity index (χ1) is 9.88. The maximum Gasteiger partial charge on any atom is 0.348 e. The molecule has 2 aromatic heterocycles. The molecule has 7 nitrogen and oxygen atoms in total. The van der Waals surface area contributed by atoms with Gasteiger partial charge in [-0.3, -0.25) is 4.79 Å². The summed E-state index contributed by atoms with van der Waals surface area (Å²) in [5, 5.41) is 13.5. The zero-order chi connectivity index (χ0) is 15.6. The van der Waals surface area contributed by atoms with Gasteiger partial charge in [-0.2, -0.15) is 5.10 Å². The van der Waals surface area contributed by atoms with Crippen LogP contribution in [0, 0.1) is 6.92 Å². The van der Waals surface area contributed by atoms with Crippen LogP contribution in [0.5, 0.6) is 5.75 Å². The van der Waals surface area contributed by atoms with Crippen molar-refractivity contribution < 1.29 is 18.7 Å². The fourth-order valence-corrected chi connectivity index (χ4v) is 1.92. The number of halogens is 1. The van der Waals surface area contributed by atoms with Crippen LogP contribution in [0.4, 0.5) is 0 Å². The first kappa shape index (κ1) is 15.0. The average Bonchev–Trinajstić information content (AvgIpc) is 2.81. The van der Waals surface area contributed by atoms with E-state index in [1.54, 1.807) is 6.07 Å². The van der Waals surface area contributed by atoms with Crippen molar-refractivity contribution in [2.75, 3.05) is 0 Å². The Morgan fingerprint density at radius 2 is 2.10 bits per heavy atom. The number of furan rings is 1. The lowest BCUT2D eigenvalue weighted by Crippen LogP contribution is -2.21. The minimum atomic E-state index is -0.733. The summed E-state index contributed by atoms with van der Waals surface area (Å²) in [5.41, 5.74) is 1.49. The van der Waals surface area contributed by atoms with Crippen molar-refractivity contribution >= 4 is 27.5 Å². The molecule has 1 amide bonds. The van der Waals surface area contributed by atoms with Crippen LogP contribution in [0.2, 0.25) is 0 Å². The zero-order valence-corrected chi connectivity index (χ0v) is 12.7. The minimum absolute atomic E-state index is 0.0542. The molecule has 0 aliphatic heterocycles. The molecule has 0 spiro atoms. The van der Waals surface area contributed by atoms with E-state index >= 15 is 0 Å². The Labute approximate surface area is 127 Å². The molecule has 0 unspecified atom stereocenters. The number of hydrogen-bond donors (Lipinski definition) is 2. The molecular formula is C13H11BrN2O5. The summed E-state index contributed by atoms with van der Waals surface area (Å²) in [6, 6.07) is 4.31. The number of amides is 1. The number of aryl methyl sites for hydroxylation is 1. The van der Waals surface area contributed by atoms with Gasteiger partial charge in [0.1, 0.15) is 17.1 Å². The zero-order valence-electron chi connectivity index (χ0n) is 11.1. The highest BCUT2D eigenvalue weighted by molar-refractivity contribution is 9.10. The predicted octanol–water partition coefficient (Wildman–Crippen LogP) is 2.16. The predicted molar refractivity (Wildman–Crippen MR) is 77.5 cm³/mol. The van der Waals surface area contributed by atoms with E-state index in [-0.39, 0.29) is 28.5 Å². The van der Waals surface area contributed by atoms with Gasteiger partial charge in [0.2, 0.25) is 0 Å². The van der Waals surface area contributed by atoms with Crippen LogP contribution in [0.3, 0.4) is 0 Å². The molecule has 0 saturated carbocycles. The normalized spacial score (nSPS) is 11.5. The number of hydrazone groups is 1. The Bertz CT molecular complexity index is 775. The maximum atomic E-state index is 11.7. The van der Waals surface area contributed by atoms with Gasteiger partial charge >= 0.3 is 11.5 Å². The second-order valence-corrected chi connectivity index (χ2v) is 4.93. The molecule has 0 radical (unpaired) electrons.